The number of hydrogen-bond donors (Lipinski definition) is 0. The molecule has 2 aliphatic heterocycles. The Balaban J connectivity index is 1.68. The van der Waals surface area contributed by atoms with Crippen LogP contribution in [0.15, 0.2) is 18.3 Å². The maximum atomic E-state index is 13.0. The van der Waals surface area contributed by atoms with Crippen molar-refractivity contribution in [3.05, 3.63) is 23.9 Å². The van der Waals surface area contributed by atoms with Gasteiger partial charge < -0.3 is 4.90 Å². The Labute approximate surface area is 158 Å². The molecule has 0 spiro atoms. The SMILES string of the molecule is C[C@H]1CCCCN1S(=O)(=O)N1CCCN(c2ccc(C(F)(F)F)cn2)CC1. The van der Waals surface area contributed by atoms with Gasteiger partial charge >= 0.3 is 6.18 Å². The molecule has 3 rings (SSSR count). The van der Waals surface area contributed by atoms with Crippen LogP contribution in [0, 0.1) is 0 Å². The fraction of sp³-hybridized carbons (Fsp3) is 0.706. The first kappa shape index (κ1) is 20.3. The van der Waals surface area contributed by atoms with Crippen LogP contribution in [-0.2, 0) is 16.4 Å². The second-order valence-electron chi connectivity index (χ2n) is 7.11. The topological polar surface area (TPSA) is 56.8 Å². The zero-order chi connectivity index (χ0) is 19.7. The molecule has 0 radical (unpaired) electrons. The monoisotopic (exact) mass is 406 g/mol. The zero-order valence-electron chi connectivity index (χ0n) is 15.3. The first-order valence-electron chi connectivity index (χ1n) is 9.25. The van der Waals surface area contributed by atoms with Gasteiger partial charge in [0, 0.05) is 45.0 Å². The molecule has 1 atom stereocenters. The largest absolute Gasteiger partial charge is 0.417 e. The third-order valence-electron chi connectivity index (χ3n) is 5.22. The fourth-order valence-electron chi connectivity index (χ4n) is 3.66. The van der Waals surface area contributed by atoms with Gasteiger partial charge in [0.15, 0.2) is 0 Å². The van der Waals surface area contributed by atoms with E-state index < -0.39 is 21.9 Å². The summed E-state index contributed by atoms with van der Waals surface area (Å²) in [7, 11) is -3.52. The molecule has 3 heterocycles. The lowest BCUT2D eigenvalue weighted by Crippen LogP contribution is -2.50. The number of alkyl halides is 3. The van der Waals surface area contributed by atoms with Crippen molar-refractivity contribution in [3.8, 4) is 0 Å². The number of aromatic nitrogens is 1. The van der Waals surface area contributed by atoms with Crippen LogP contribution >= 0.6 is 0 Å². The minimum Gasteiger partial charge on any atom is -0.355 e. The van der Waals surface area contributed by atoms with Crippen LogP contribution in [0.5, 0.6) is 0 Å². The molecule has 152 valence electrons. The summed E-state index contributed by atoms with van der Waals surface area (Å²) in [5.74, 6) is 0.439. The molecule has 0 saturated carbocycles. The van der Waals surface area contributed by atoms with Crippen molar-refractivity contribution in [1.29, 1.82) is 0 Å². The normalized spacial score (nSPS) is 24.0. The van der Waals surface area contributed by atoms with Crippen molar-refractivity contribution in [2.75, 3.05) is 37.6 Å². The summed E-state index contributed by atoms with van der Waals surface area (Å²) >= 11 is 0. The summed E-state index contributed by atoms with van der Waals surface area (Å²) in [5.41, 5.74) is -0.788. The van der Waals surface area contributed by atoms with Gasteiger partial charge in [-0.05, 0) is 38.3 Å². The molecular weight excluding hydrogens is 381 g/mol. The van der Waals surface area contributed by atoms with Crippen molar-refractivity contribution in [2.24, 2.45) is 0 Å². The maximum Gasteiger partial charge on any atom is 0.417 e. The quantitative estimate of drug-likeness (QED) is 0.775. The van der Waals surface area contributed by atoms with Gasteiger partial charge in [-0.25, -0.2) is 4.98 Å². The number of halogens is 3. The predicted octanol–water partition coefficient (Wildman–Crippen LogP) is 2.73. The summed E-state index contributed by atoms with van der Waals surface area (Å²) in [6, 6.07) is 2.36. The smallest absolute Gasteiger partial charge is 0.355 e. The Bertz CT molecular complexity index is 740. The molecule has 0 amide bonds. The van der Waals surface area contributed by atoms with E-state index >= 15 is 0 Å². The number of pyridine rings is 1. The molecule has 27 heavy (non-hydrogen) atoms. The predicted molar refractivity (Wildman–Crippen MR) is 96.6 cm³/mol. The van der Waals surface area contributed by atoms with Crippen LogP contribution in [0.25, 0.3) is 0 Å². The molecule has 0 bridgehead atoms. The average molecular weight is 406 g/mol. The van der Waals surface area contributed by atoms with Gasteiger partial charge in [0.25, 0.3) is 10.2 Å². The third-order valence-corrected chi connectivity index (χ3v) is 7.37. The zero-order valence-corrected chi connectivity index (χ0v) is 16.1. The van der Waals surface area contributed by atoms with Crippen LogP contribution in [-0.4, -0.2) is 60.8 Å². The van der Waals surface area contributed by atoms with Crippen LogP contribution < -0.4 is 4.90 Å². The van der Waals surface area contributed by atoms with Crippen molar-refractivity contribution in [3.63, 3.8) is 0 Å². The average Bonchev–Trinajstić information content (AvgIpc) is 2.88. The summed E-state index contributed by atoms with van der Waals surface area (Å²) < 4.78 is 67.1. The second kappa shape index (κ2) is 7.92. The lowest BCUT2D eigenvalue weighted by molar-refractivity contribution is -0.137. The Morgan fingerprint density at radius 2 is 1.81 bits per heavy atom. The van der Waals surface area contributed by atoms with Gasteiger partial charge in [-0.15, -0.1) is 0 Å². The number of hydrogen-bond acceptors (Lipinski definition) is 4. The summed E-state index contributed by atoms with van der Waals surface area (Å²) in [5, 5.41) is 0. The van der Waals surface area contributed by atoms with Crippen molar-refractivity contribution >= 4 is 16.0 Å². The molecular formula is C17H25F3N4O2S. The van der Waals surface area contributed by atoms with Gasteiger partial charge in [-0.1, -0.05) is 6.42 Å². The molecule has 0 aromatic carbocycles. The molecule has 1 aromatic heterocycles. The van der Waals surface area contributed by atoms with E-state index in [1.165, 1.54) is 10.4 Å². The van der Waals surface area contributed by atoms with Gasteiger partial charge in [-0.3, -0.25) is 0 Å². The highest BCUT2D eigenvalue weighted by Gasteiger charge is 2.35. The van der Waals surface area contributed by atoms with E-state index in [-0.39, 0.29) is 6.04 Å². The molecule has 0 unspecified atom stereocenters. The Morgan fingerprint density at radius 1 is 1.04 bits per heavy atom. The number of nitrogens with zero attached hydrogens (tertiary/aromatic N) is 4. The first-order valence-corrected chi connectivity index (χ1v) is 10.6. The van der Waals surface area contributed by atoms with Crippen LogP contribution in [0.4, 0.5) is 19.0 Å². The van der Waals surface area contributed by atoms with Gasteiger partial charge in [0.2, 0.25) is 0 Å². The van der Waals surface area contributed by atoms with Crippen LogP contribution in [0.1, 0.15) is 38.2 Å². The lowest BCUT2D eigenvalue weighted by atomic mass is 10.1. The van der Waals surface area contributed by atoms with Gasteiger partial charge in [-0.2, -0.15) is 30.2 Å². The van der Waals surface area contributed by atoms with Crippen LogP contribution in [0.3, 0.4) is 0 Å². The van der Waals surface area contributed by atoms with Crippen molar-refractivity contribution in [1.82, 2.24) is 13.6 Å². The minimum absolute atomic E-state index is 0.000291. The molecule has 2 saturated heterocycles. The van der Waals surface area contributed by atoms with E-state index in [9.17, 15) is 21.6 Å². The number of piperidine rings is 1. The highest BCUT2D eigenvalue weighted by molar-refractivity contribution is 7.86. The Kier molecular flexibility index (Phi) is 5.97. The van der Waals surface area contributed by atoms with Gasteiger partial charge in [0.05, 0.1) is 5.56 Å². The lowest BCUT2D eigenvalue weighted by Gasteiger charge is -2.36. The molecule has 0 aliphatic carbocycles. The molecule has 10 heteroatoms. The van der Waals surface area contributed by atoms with Crippen molar-refractivity contribution in [2.45, 2.75) is 44.8 Å². The van der Waals surface area contributed by atoms with Crippen LogP contribution in [0.2, 0.25) is 0 Å². The molecule has 1 aromatic rings. The van der Waals surface area contributed by atoms with E-state index in [1.807, 2.05) is 11.8 Å². The fourth-order valence-corrected chi connectivity index (χ4v) is 5.55. The number of rotatable bonds is 3. The summed E-state index contributed by atoms with van der Waals surface area (Å²) in [6.07, 6.45) is -0.205. The van der Waals surface area contributed by atoms with E-state index in [2.05, 4.69) is 4.98 Å². The first-order chi connectivity index (χ1) is 12.7. The molecule has 6 nitrogen and oxygen atoms in total. The Hall–Kier alpha value is -1.39. The standard InChI is InChI=1S/C17H25F3N4O2S/c1-14-5-2-3-10-24(14)27(25,26)23-9-4-8-22(11-12-23)16-7-6-15(13-21-16)17(18,19)20/h6-7,13-14H,2-5,8-12H2,1H3/t14-/m0/s1. The Morgan fingerprint density at radius 3 is 2.44 bits per heavy atom. The highest BCUT2D eigenvalue weighted by Crippen LogP contribution is 2.30. The summed E-state index contributed by atoms with van der Waals surface area (Å²) in [6.45, 7) is 4.15. The number of anilines is 1. The van der Waals surface area contributed by atoms with Gasteiger partial charge in [0.1, 0.15) is 5.82 Å². The minimum atomic E-state index is -4.42. The van der Waals surface area contributed by atoms with Crippen molar-refractivity contribution < 1.29 is 21.6 Å². The van der Waals surface area contributed by atoms with E-state index in [1.54, 1.807) is 4.31 Å². The maximum absolute atomic E-state index is 13.0. The van der Waals surface area contributed by atoms with E-state index in [0.29, 0.717) is 45.0 Å². The molecule has 0 N–H and O–H groups in total. The molecule has 2 aliphatic rings. The van der Waals surface area contributed by atoms with E-state index in [0.717, 1.165) is 31.5 Å². The molecule has 2 fully saturated rings. The highest BCUT2D eigenvalue weighted by atomic mass is 32.2. The van der Waals surface area contributed by atoms with E-state index in [4.69, 9.17) is 0 Å². The second-order valence-corrected chi connectivity index (χ2v) is 8.99. The summed E-state index contributed by atoms with van der Waals surface area (Å²) in [4.78, 5) is 5.77. The third kappa shape index (κ3) is 4.55.